The maximum Gasteiger partial charge on any atom is 0.431 e. The van der Waals surface area contributed by atoms with E-state index < -0.39 is 17.8 Å². The number of benzene rings is 1. The summed E-state index contributed by atoms with van der Waals surface area (Å²) >= 11 is 6.32. The van der Waals surface area contributed by atoms with E-state index in [-0.39, 0.29) is 12.1 Å². The van der Waals surface area contributed by atoms with Crippen LogP contribution in [-0.4, -0.2) is 49.2 Å². The monoisotopic (exact) mass is 496 g/mol. The van der Waals surface area contributed by atoms with Crippen molar-refractivity contribution in [2.24, 2.45) is 11.0 Å². The quantitative estimate of drug-likeness (QED) is 0.495. The molecule has 0 N–H and O–H groups in total. The molecule has 0 radical (unpaired) electrons. The van der Waals surface area contributed by atoms with Crippen LogP contribution in [0.2, 0.25) is 5.02 Å². The van der Waals surface area contributed by atoms with Gasteiger partial charge in [-0.1, -0.05) is 25.4 Å². The summed E-state index contributed by atoms with van der Waals surface area (Å²) in [5.74, 6) is 0.522. The van der Waals surface area contributed by atoms with Crippen LogP contribution >= 0.6 is 11.6 Å². The van der Waals surface area contributed by atoms with Gasteiger partial charge in [0.1, 0.15) is 17.6 Å². The van der Waals surface area contributed by atoms with Crippen molar-refractivity contribution in [1.82, 2.24) is 4.98 Å². The second-order valence-corrected chi connectivity index (χ2v) is 8.98. The van der Waals surface area contributed by atoms with Crippen LogP contribution in [0.25, 0.3) is 0 Å². The minimum Gasteiger partial charge on any atom is -0.490 e. The first-order chi connectivity index (χ1) is 16.2. The molecule has 6 nitrogen and oxygen atoms in total. The maximum atomic E-state index is 13.3. The summed E-state index contributed by atoms with van der Waals surface area (Å²) in [4.78, 5) is 6.30. The van der Waals surface area contributed by atoms with Gasteiger partial charge in [-0.2, -0.15) is 18.3 Å². The van der Waals surface area contributed by atoms with Crippen LogP contribution in [0.4, 0.5) is 24.5 Å². The molecule has 0 amide bonds. The van der Waals surface area contributed by atoms with Crippen molar-refractivity contribution < 1.29 is 22.6 Å². The van der Waals surface area contributed by atoms with E-state index >= 15 is 0 Å². The number of hydrogen-bond acceptors (Lipinski definition) is 6. The van der Waals surface area contributed by atoms with Gasteiger partial charge in [0.15, 0.2) is 0 Å². The van der Waals surface area contributed by atoms with Crippen molar-refractivity contribution >= 4 is 28.7 Å². The van der Waals surface area contributed by atoms with Gasteiger partial charge in [0.2, 0.25) is 5.88 Å². The van der Waals surface area contributed by atoms with Gasteiger partial charge >= 0.3 is 6.18 Å². The molecule has 0 bridgehead atoms. The topological polar surface area (TPSA) is 50.2 Å². The number of aromatic nitrogens is 1. The fraction of sp³-hybridized carbons (Fsp3) is 0.500. The second kappa shape index (κ2) is 9.90. The van der Waals surface area contributed by atoms with Crippen LogP contribution in [0.1, 0.15) is 33.1 Å². The first-order valence-corrected chi connectivity index (χ1v) is 11.7. The van der Waals surface area contributed by atoms with Crippen LogP contribution in [0.3, 0.4) is 0 Å². The van der Waals surface area contributed by atoms with Crippen molar-refractivity contribution in [3.05, 3.63) is 41.6 Å². The molecule has 2 atom stereocenters. The molecule has 2 aliphatic heterocycles. The lowest BCUT2D eigenvalue weighted by Gasteiger charge is -2.34. The number of hydrogen-bond donors (Lipinski definition) is 0. The zero-order chi connectivity index (χ0) is 24.5. The molecular weight excluding hydrogens is 469 g/mol. The smallest absolute Gasteiger partial charge is 0.431 e. The Morgan fingerprint density at radius 1 is 1.15 bits per heavy atom. The largest absolute Gasteiger partial charge is 0.490 e. The van der Waals surface area contributed by atoms with E-state index in [0.717, 1.165) is 31.6 Å². The van der Waals surface area contributed by atoms with Gasteiger partial charge in [0, 0.05) is 37.9 Å². The number of piperidine rings is 1. The molecule has 10 heteroatoms. The van der Waals surface area contributed by atoms with Crippen LogP contribution in [0.15, 0.2) is 41.6 Å². The normalized spacial score (nSPS) is 21.6. The number of pyridine rings is 1. The Balaban J connectivity index is 1.38. The van der Waals surface area contributed by atoms with Gasteiger partial charge in [-0.25, -0.2) is 4.98 Å². The van der Waals surface area contributed by atoms with E-state index in [1.165, 1.54) is 5.01 Å². The molecule has 1 aromatic carbocycles. The van der Waals surface area contributed by atoms with Crippen LogP contribution in [0.5, 0.6) is 11.6 Å². The van der Waals surface area contributed by atoms with E-state index in [1.54, 1.807) is 44.5 Å². The van der Waals surface area contributed by atoms with Crippen molar-refractivity contribution in [3.8, 4) is 11.6 Å². The van der Waals surface area contributed by atoms with E-state index in [4.69, 9.17) is 21.1 Å². The average molecular weight is 497 g/mol. The molecular formula is C24H28ClF3N4O2. The van der Waals surface area contributed by atoms with E-state index in [2.05, 4.69) is 15.0 Å². The molecule has 1 unspecified atom stereocenters. The molecule has 3 heterocycles. The highest BCUT2D eigenvalue weighted by Crippen LogP contribution is 2.37. The number of hydrazone groups is 1. The zero-order valence-corrected chi connectivity index (χ0v) is 20.1. The minimum absolute atomic E-state index is 0.0367. The fourth-order valence-electron chi connectivity index (χ4n) is 4.61. The lowest BCUT2D eigenvalue weighted by atomic mass is 9.95. The van der Waals surface area contributed by atoms with Crippen molar-refractivity contribution in [2.75, 3.05) is 30.1 Å². The Labute approximate surface area is 202 Å². The van der Waals surface area contributed by atoms with Crippen LogP contribution in [-0.2, 0) is 0 Å². The highest BCUT2D eigenvalue weighted by Gasteiger charge is 2.47. The minimum atomic E-state index is -4.43. The molecule has 0 saturated carbocycles. The summed E-state index contributed by atoms with van der Waals surface area (Å²) in [5, 5.41) is 5.99. The number of anilines is 2. The summed E-state index contributed by atoms with van der Waals surface area (Å²) in [6.45, 7) is 5.00. The number of nitrogens with zero attached hydrogens (tertiary/aromatic N) is 4. The molecule has 184 valence electrons. The lowest BCUT2D eigenvalue weighted by molar-refractivity contribution is -0.0620. The maximum absolute atomic E-state index is 13.3. The molecule has 1 aromatic heterocycles. The third-order valence-electron chi connectivity index (χ3n) is 6.45. The summed E-state index contributed by atoms with van der Waals surface area (Å²) in [5.41, 5.74) is 0.792. The van der Waals surface area contributed by atoms with Crippen molar-refractivity contribution in [2.45, 2.75) is 51.4 Å². The number of ether oxygens (including phenoxy) is 2. The highest BCUT2D eigenvalue weighted by atomic mass is 35.5. The molecule has 1 saturated heterocycles. The predicted molar refractivity (Wildman–Crippen MR) is 127 cm³/mol. The fourth-order valence-corrected chi connectivity index (χ4v) is 4.84. The van der Waals surface area contributed by atoms with Gasteiger partial charge in [0.25, 0.3) is 0 Å². The average Bonchev–Trinajstić information content (AvgIpc) is 3.17. The number of methoxy groups -OCH3 is 1. The molecule has 4 rings (SSSR count). The first kappa shape index (κ1) is 24.4. The Bertz CT molecular complexity index is 1020. The van der Waals surface area contributed by atoms with E-state index in [0.29, 0.717) is 28.8 Å². The third kappa shape index (κ3) is 5.04. The first-order valence-electron chi connectivity index (χ1n) is 11.4. The second-order valence-electron chi connectivity index (χ2n) is 8.57. The number of halogens is 4. The Kier molecular flexibility index (Phi) is 7.12. The van der Waals surface area contributed by atoms with Crippen molar-refractivity contribution in [1.29, 1.82) is 0 Å². The molecule has 0 spiro atoms. The standard InChI is InChI=1S/C24H28ClF3N4O2/c1-4-20-15(2)23(24(26,27)28)30-32(20)16-5-7-17(8-6-16)34-18-9-11-31(12-10-18)21-13-22(33-3)29-14-19(21)25/h5-8,13-15,18,20H,4,9-12H2,1-3H3/t15?,20-/m0/s1. The van der Waals surface area contributed by atoms with Gasteiger partial charge in [-0.3, -0.25) is 5.01 Å². The van der Waals surface area contributed by atoms with Gasteiger partial charge in [-0.15, -0.1) is 0 Å². The van der Waals surface area contributed by atoms with Gasteiger partial charge in [-0.05, 0) is 30.7 Å². The summed E-state index contributed by atoms with van der Waals surface area (Å²) in [6.07, 6.45) is -0.618. The summed E-state index contributed by atoms with van der Waals surface area (Å²) in [6, 6.07) is 8.64. The molecule has 2 aliphatic rings. The van der Waals surface area contributed by atoms with Crippen LogP contribution < -0.4 is 19.4 Å². The number of alkyl halides is 3. The van der Waals surface area contributed by atoms with E-state index in [9.17, 15) is 13.2 Å². The van der Waals surface area contributed by atoms with E-state index in [1.807, 2.05) is 13.0 Å². The Morgan fingerprint density at radius 3 is 2.41 bits per heavy atom. The summed E-state index contributed by atoms with van der Waals surface area (Å²) < 4.78 is 51.4. The number of rotatable bonds is 6. The zero-order valence-electron chi connectivity index (χ0n) is 19.3. The SMILES string of the molecule is CC[C@H]1C(C)C(C(F)(F)F)=NN1c1ccc(OC2CCN(c3cc(OC)ncc3Cl)CC2)cc1. The Hall–Kier alpha value is -2.68. The van der Waals surface area contributed by atoms with Gasteiger partial charge in [0.05, 0.1) is 35.7 Å². The van der Waals surface area contributed by atoms with Crippen molar-refractivity contribution in [3.63, 3.8) is 0 Å². The highest BCUT2D eigenvalue weighted by molar-refractivity contribution is 6.33. The Morgan fingerprint density at radius 2 is 1.82 bits per heavy atom. The molecule has 34 heavy (non-hydrogen) atoms. The third-order valence-corrected chi connectivity index (χ3v) is 6.74. The summed E-state index contributed by atoms with van der Waals surface area (Å²) in [7, 11) is 1.57. The van der Waals surface area contributed by atoms with Gasteiger partial charge < -0.3 is 14.4 Å². The predicted octanol–water partition coefficient (Wildman–Crippen LogP) is 5.94. The van der Waals surface area contributed by atoms with Crippen LogP contribution in [0, 0.1) is 5.92 Å². The molecule has 0 aliphatic carbocycles. The molecule has 1 fully saturated rings. The molecule has 2 aromatic rings. The lowest BCUT2D eigenvalue weighted by Crippen LogP contribution is -2.38.